The molecule has 31 heavy (non-hydrogen) atoms. The van der Waals surface area contributed by atoms with Crippen LogP contribution in [0.2, 0.25) is 5.02 Å². The molecule has 0 unspecified atom stereocenters. The lowest BCUT2D eigenvalue weighted by molar-refractivity contribution is 0.415. The van der Waals surface area contributed by atoms with Crippen LogP contribution in [0.3, 0.4) is 0 Å². The van der Waals surface area contributed by atoms with Crippen molar-refractivity contribution in [2.45, 2.75) is 18.4 Å². The van der Waals surface area contributed by atoms with Crippen LogP contribution < -0.4 is 14.6 Å². The quantitative estimate of drug-likeness (QED) is 0.474. The molecule has 0 amide bonds. The minimum absolute atomic E-state index is 0.0463. The number of halogens is 1. The van der Waals surface area contributed by atoms with E-state index >= 15 is 0 Å². The molecule has 4 aromatic rings. The molecule has 2 aromatic carbocycles. The first-order valence-electron chi connectivity index (χ1n) is 9.16. The van der Waals surface area contributed by atoms with Crippen LogP contribution in [0.15, 0.2) is 64.3 Å². The molecule has 0 saturated carbocycles. The Kier molecular flexibility index (Phi) is 5.42. The number of H-pyrrole nitrogens is 1. The zero-order chi connectivity index (χ0) is 22.2. The van der Waals surface area contributed by atoms with Crippen LogP contribution in [0.5, 0.6) is 5.75 Å². The molecule has 160 valence electrons. The van der Waals surface area contributed by atoms with E-state index in [4.69, 9.17) is 16.3 Å². The van der Waals surface area contributed by atoms with Gasteiger partial charge < -0.3 is 4.74 Å². The summed E-state index contributed by atoms with van der Waals surface area (Å²) in [5.41, 5.74) is 0.487. The van der Waals surface area contributed by atoms with Crippen LogP contribution in [0, 0.1) is 6.92 Å². The molecular formula is C20H18ClN5O4S. The number of para-hydroxylation sites is 2. The Morgan fingerprint density at radius 3 is 2.55 bits per heavy atom. The van der Waals surface area contributed by atoms with Gasteiger partial charge in [-0.1, -0.05) is 23.7 Å². The number of aromatic amines is 1. The van der Waals surface area contributed by atoms with E-state index in [0.717, 1.165) is 8.82 Å². The number of aromatic nitrogens is 4. The maximum Gasteiger partial charge on any atom is 0.274 e. The van der Waals surface area contributed by atoms with Crippen molar-refractivity contribution in [2.24, 2.45) is 0 Å². The number of benzene rings is 2. The Morgan fingerprint density at radius 1 is 1.13 bits per heavy atom. The fraction of sp³-hybridized carbons (Fsp3) is 0.150. The molecule has 0 aliphatic carbocycles. The minimum Gasteiger partial charge on any atom is -0.495 e. The maximum atomic E-state index is 13.6. The Hall–Kier alpha value is -3.37. The van der Waals surface area contributed by atoms with Crippen LogP contribution in [0.25, 0.3) is 5.78 Å². The molecule has 0 aliphatic rings. The summed E-state index contributed by atoms with van der Waals surface area (Å²) in [6.07, 6.45) is 0. The van der Waals surface area contributed by atoms with Crippen LogP contribution in [-0.2, 0) is 16.6 Å². The van der Waals surface area contributed by atoms with Crippen molar-refractivity contribution in [1.29, 1.82) is 0 Å². The third-order valence-electron chi connectivity index (χ3n) is 4.55. The van der Waals surface area contributed by atoms with Crippen molar-refractivity contribution < 1.29 is 13.2 Å². The molecule has 11 heteroatoms. The van der Waals surface area contributed by atoms with Gasteiger partial charge in [-0.2, -0.15) is 9.50 Å². The van der Waals surface area contributed by atoms with Crippen LogP contribution in [0.1, 0.15) is 11.5 Å². The highest BCUT2D eigenvalue weighted by molar-refractivity contribution is 7.92. The van der Waals surface area contributed by atoms with Gasteiger partial charge in [-0.15, -0.1) is 0 Å². The lowest BCUT2D eigenvalue weighted by Gasteiger charge is -2.25. The number of methoxy groups -OCH3 is 1. The van der Waals surface area contributed by atoms with E-state index in [0.29, 0.717) is 22.2 Å². The van der Waals surface area contributed by atoms with Crippen molar-refractivity contribution in [3.8, 4) is 5.75 Å². The largest absolute Gasteiger partial charge is 0.495 e. The molecule has 0 aliphatic heterocycles. The van der Waals surface area contributed by atoms with E-state index in [-0.39, 0.29) is 28.6 Å². The first kappa shape index (κ1) is 20.9. The molecule has 4 rings (SSSR count). The molecule has 1 N–H and O–H groups in total. The normalized spacial score (nSPS) is 11.6. The number of hydrogen-bond donors (Lipinski definition) is 1. The number of rotatable bonds is 6. The van der Waals surface area contributed by atoms with Gasteiger partial charge in [0.15, 0.2) is 0 Å². The van der Waals surface area contributed by atoms with E-state index in [1.54, 1.807) is 31.2 Å². The van der Waals surface area contributed by atoms with Crippen molar-refractivity contribution in [3.05, 3.63) is 81.5 Å². The number of anilines is 1. The Labute approximate surface area is 182 Å². The molecule has 0 radical (unpaired) electrons. The second-order valence-corrected chi connectivity index (χ2v) is 8.98. The molecule has 0 spiro atoms. The fourth-order valence-electron chi connectivity index (χ4n) is 3.11. The molecule has 0 atom stereocenters. The molecular weight excluding hydrogens is 442 g/mol. The van der Waals surface area contributed by atoms with Crippen molar-refractivity contribution >= 4 is 33.1 Å². The zero-order valence-electron chi connectivity index (χ0n) is 16.6. The summed E-state index contributed by atoms with van der Waals surface area (Å²) in [7, 11) is -2.57. The smallest absolute Gasteiger partial charge is 0.274 e. The van der Waals surface area contributed by atoms with Gasteiger partial charge in [-0.3, -0.25) is 14.2 Å². The molecule has 2 heterocycles. The second-order valence-electron chi connectivity index (χ2n) is 6.68. The molecule has 0 fully saturated rings. The highest BCUT2D eigenvalue weighted by atomic mass is 35.5. The van der Waals surface area contributed by atoms with Gasteiger partial charge in [0.05, 0.1) is 24.2 Å². The summed E-state index contributed by atoms with van der Waals surface area (Å²) >= 11 is 5.93. The number of nitrogens with zero attached hydrogens (tertiary/aromatic N) is 4. The van der Waals surface area contributed by atoms with Crippen molar-refractivity contribution in [3.63, 3.8) is 0 Å². The Bertz CT molecular complexity index is 1410. The summed E-state index contributed by atoms with van der Waals surface area (Å²) < 4.78 is 34.8. The maximum absolute atomic E-state index is 13.6. The lowest BCUT2D eigenvalue weighted by Crippen LogP contribution is -2.31. The third-order valence-corrected chi connectivity index (χ3v) is 6.58. The predicted molar refractivity (Wildman–Crippen MR) is 116 cm³/mol. The molecule has 2 aromatic heterocycles. The highest BCUT2D eigenvalue weighted by Gasteiger charge is 2.28. The number of aryl methyl sites for hydroxylation is 1. The average Bonchev–Trinajstić information content (AvgIpc) is 3.15. The van der Waals surface area contributed by atoms with Crippen LogP contribution in [-0.4, -0.2) is 35.1 Å². The standard InChI is InChI=1S/C20H18ClN5O4S/c1-13-11-19(27)26-20(22-13)23-18(24-26)12-25(16-5-3-4-6-17(16)30-2)31(28,29)15-9-7-14(21)8-10-15/h3-11H,12H2,1-2H3,(H,22,23,24). The first-order chi connectivity index (χ1) is 14.8. The number of nitrogens with one attached hydrogen (secondary N) is 1. The predicted octanol–water partition coefficient (Wildman–Crippen LogP) is 2.78. The van der Waals surface area contributed by atoms with Gasteiger partial charge in [-0.25, -0.2) is 13.4 Å². The van der Waals surface area contributed by atoms with Gasteiger partial charge in [0.25, 0.3) is 21.4 Å². The van der Waals surface area contributed by atoms with Crippen LogP contribution >= 0.6 is 11.6 Å². The van der Waals surface area contributed by atoms with E-state index in [9.17, 15) is 13.2 Å². The Morgan fingerprint density at radius 2 is 1.84 bits per heavy atom. The van der Waals surface area contributed by atoms with E-state index < -0.39 is 10.0 Å². The fourth-order valence-corrected chi connectivity index (χ4v) is 4.68. The van der Waals surface area contributed by atoms with E-state index in [1.165, 1.54) is 37.4 Å². The number of ether oxygens (including phenoxy) is 1. The van der Waals surface area contributed by atoms with E-state index in [2.05, 4.69) is 15.1 Å². The minimum atomic E-state index is -4.03. The van der Waals surface area contributed by atoms with Gasteiger partial charge in [0.1, 0.15) is 11.6 Å². The first-order valence-corrected chi connectivity index (χ1v) is 11.0. The summed E-state index contributed by atoms with van der Waals surface area (Å²) in [5, 5.41) is 3.24. The number of hydrogen-bond acceptors (Lipinski definition) is 6. The topological polar surface area (TPSA) is 110 Å². The lowest BCUT2D eigenvalue weighted by atomic mass is 10.3. The Balaban J connectivity index is 1.86. The molecule has 0 saturated heterocycles. The average molecular weight is 460 g/mol. The van der Waals surface area contributed by atoms with Gasteiger partial charge >= 0.3 is 0 Å². The molecule has 0 bridgehead atoms. The zero-order valence-corrected chi connectivity index (χ0v) is 18.2. The number of fused-ring (bicyclic) bond motifs is 1. The van der Waals surface area contributed by atoms with Gasteiger partial charge in [0, 0.05) is 16.8 Å². The summed E-state index contributed by atoms with van der Waals surface area (Å²) in [6, 6.07) is 13.9. The van der Waals surface area contributed by atoms with Gasteiger partial charge in [-0.05, 0) is 43.3 Å². The summed E-state index contributed by atoms with van der Waals surface area (Å²) in [6.45, 7) is 1.50. The van der Waals surface area contributed by atoms with Crippen molar-refractivity contribution in [2.75, 3.05) is 11.4 Å². The monoisotopic (exact) mass is 459 g/mol. The van der Waals surface area contributed by atoms with Gasteiger partial charge in [0.2, 0.25) is 0 Å². The third kappa shape index (κ3) is 3.99. The van der Waals surface area contributed by atoms with E-state index in [1.807, 2.05) is 0 Å². The number of sulfonamides is 1. The molecule has 9 nitrogen and oxygen atoms in total. The second kappa shape index (κ2) is 8.05. The summed E-state index contributed by atoms with van der Waals surface area (Å²) in [4.78, 5) is 20.8. The van der Waals surface area contributed by atoms with Crippen LogP contribution in [0.4, 0.5) is 5.69 Å². The SMILES string of the molecule is COc1ccccc1N(Cc1nc2nc(C)cc(=O)n2[nH]1)S(=O)(=O)c1ccc(Cl)cc1. The highest BCUT2D eigenvalue weighted by Crippen LogP contribution is 2.33. The summed E-state index contributed by atoms with van der Waals surface area (Å²) in [5.74, 6) is 0.754. The van der Waals surface area contributed by atoms with Crippen molar-refractivity contribution in [1.82, 2.24) is 19.6 Å².